The quantitative estimate of drug-likeness (QED) is 0.648. The number of rotatable bonds is 2. The molecule has 1 aliphatic carbocycles. The third-order valence-electron chi connectivity index (χ3n) is 4.19. The minimum Gasteiger partial charge on any atom is -0.481 e. The molecule has 0 spiro atoms. The van der Waals surface area contributed by atoms with E-state index in [4.69, 9.17) is 0 Å². The Balaban J connectivity index is 1.98. The Kier molecular flexibility index (Phi) is 5.41. The van der Waals surface area contributed by atoms with Crippen LogP contribution in [0.2, 0.25) is 0 Å². The highest BCUT2D eigenvalue weighted by molar-refractivity contribution is 5.84. The van der Waals surface area contributed by atoms with Crippen molar-refractivity contribution in [1.82, 2.24) is 15.5 Å². The first-order valence-electron chi connectivity index (χ1n) is 7.63. The molecule has 0 aromatic heterocycles. The number of nitrogens with one attached hydrogen (secondary N) is 2. The fourth-order valence-electron chi connectivity index (χ4n) is 3.01. The van der Waals surface area contributed by atoms with E-state index < -0.39 is 11.9 Å². The van der Waals surface area contributed by atoms with Crippen LogP contribution in [0.1, 0.15) is 38.5 Å². The molecule has 21 heavy (non-hydrogen) atoms. The molecular formula is C14H23N3O4. The predicted molar refractivity (Wildman–Crippen MR) is 75.7 cm³/mol. The van der Waals surface area contributed by atoms with Gasteiger partial charge in [0.05, 0.1) is 5.92 Å². The van der Waals surface area contributed by atoms with Gasteiger partial charge in [0.25, 0.3) is 0 Å². The number of carbonyl (C=O) groups is 3. The van der Waals surface area contributed by atoms with Crippen LogP contribution < -0.4 is 10.6 Å². The fourth-order valence-corrected chi connectivity index (χ4v) is 3.01. The van der Waals surface area contributed by atoms with Crippen molar-refractivity contribution in [2.45, 2.75) is 44.6 Å². The van der Waals surface area contributed by atoms with E-state index in [-0.39, 0.29) is 24.5 Å². The van der Waals surface area contributed by atoms with Crippen molar-refractivity contribution >= 4 is 17.9 Å². The van der Waals surface area contributed by atoms with Crippen molar-refractivity contribution < 1.29 is 19.5 Å². The van der Waals surface area contributed by atoms with Gasteiger partial charge in [-0.05, 0) is 19.3 Å². The van der Waals surface area contributed by atoms with E-state index >= 15 is 0 Å². The van der Waals surface area contributed by atoms with Gasteiger partial charge < -0.3 is 20.6 Å². The van der Waals surface area contributed by atoms with Crippen LogP contribution in [-0.4, -0.2) is 53.6 Å². The van der Waals surface area contributed by atoms with E-state index in [1.807, 2.05) is 0 Å². The molecule has 0 aromatic rings. The molecule has 1 saturated carbocycles. The predicted octanol–water partition coefficient (Wildman–Crippen LogP) is 0.551. The molecule has 2 atom stereocenters. The molecule has 2 rings (SSSR count). The average molecular weight is 297 g/mol. The van der Waals surface area contributed by atoms with Crippen LogP contribution in [0.3, 0.4) is 0 Å². The average Bonchev–Trinajstić information content (AvgIpc) is 2.79. The van der Waals surface area contributed by atoms with Gasteiger partial charge in [0.15, 0.2) is 0 Å². The normalized spacial score (nSPS) is 27.2. The zero-order valence-corrected chi connectivity index (χ0v) is 12.1. The van der Waals surface area contributed by atoms with Crippen molar-refractivity contribution in [3.05, 3.63) is 0 Å². The molecule has 1 aliphatic heterocycles. The van der Waals surface area contributed by atoms with Gasteiger partial charge in [0, 0.05) is 19.1 Å². The third kappa shape index (κ3) is 4.34. The molecule has 3 N–H and O–H groups in total. The summed E-state index contributed by atoms with van der Waals surface area (Å²) in [5.41, 5.74) is 0. The van der Waals surface area contributed by atoms with Crippen molar-refractivity contribution in [2.24, 2.45) is 5.92 Å². The van der Waals surface area contributed by atoms with Crippen LogP contribution in [0.25, 0.3) is 0 Å². The zero-order chi connectivity index (χ0) is 15.2. The lowest BCUT2D eigenvalue weighted by molar-refractivity contribution is -0.142. The standard InChI is InChI=1S/C14H23N3O4/c18-12-9-17(8-4-7-15-12)14(21)16-11-6-3-1-2-5-10(11)13(19)20/h10-11H,1-9H2,(H,15,18)(H,16,21)(H,19,20). The number of carboxylic acids is 1. The second-order valence-corrected chi connectivity index (χ2v) is 5.76. The van der Waals surface area contributed by atoms with Gasteiger partial charge in [-0.1, -0.05) is 19.3 Å². The maximum atomic E-state index is 12.3. The minimum atomic E-state index is -0.851. The maximum absolute atomic E-state index is 12.3. The van der Waals surface area contributed by atoms with Gasteiger partial charge in [0.2, 0.25) is 5.91 Å². The number of hydrogen-bond acceptors (Lipinski definition) is 3. The van der Waals surface area contributed by atoms with E-state index in [9.17, 15) is 19.5 Å². The van der Waals surface area contributed by atoms with Crippen molar-refractivity contribution in [3.8, 4) is 0 Å². The molecular weight excluding hydrogens is 274 g/mol. The van der Waals surface area contributed by atoms with Crippen LogP contribution in [-0.2, 0) is 9.59 Å². The zero-order valence-electron chi connectivity index (χ0n) is 12.1. The molecule has 1 heterocycles. The second kappa shape index (κ2) is 7.28. The summed E-state index contributed by atoms with van der Waals surface area (Å²) >= 11 is 0. The van der Waals surface area contributed by atoms with E-state index in [0.717, 1.165) is 19.3 Å². The van der Waals surface area contributed by atoms with E-state index in [2.05, 4.69) is 10.6 Å². The van der Waals surface area contributed by atoms with Gasteiger partial charge in [-0.25, -0.2) is 4.79 Å². The summed E-state index contributed by atoms with van der Waals surface area (Å²) in [6.07, 6.45) is 4.81. The molecule has 0 bridgehead atoms. The monoisotopic (exact) mass is 297 g/mol. The summed E-state index contributed by atoms with van der Waals surface area (Å²) in [5, 5.41) is 14.9. The summed E-state index contributed by atoms with van der Waals surface area (Å²) in [6.45, 7) is 1.12. The molecule has 0 aromatic carbocycles. The SMILES string of the molecule is O=C1CN(C(=O)NC2CCCCCC2C(=O)O)CCCN1. The Hall–Kier alpha value is -1.79. The number of nitrogens with zero attached hydrogens (tertiary/aromatic N) is 1. The molecule has 2 fully saturated rings. The topological polar surface area (TPSA) is 98.7 Å². The molecule has 7 heteroatoms. The first-order chi connectivity index (χ1) is 10.1. The molecule has 2 aliphatic rings. The van der Waals surface area contributed by atoms with E-state index in [1.54, 1.807) is 0 Å². The van der Waals surface area contributed by atoms with Crippen LogP contribution >= 0.6 is 0 Å². The number of amides is 3. The van der Waals surface area contributed by atoms with Crippen molar-refractivity contribution in [1.29, 1.82) is 0 Å². The number of hydrogen-bond donors (Lipinski definition) is 3. The second-order valence-electron chi connectivity index (χ2n) is 5.76. The largest absolute Gasteiger partial charge is 0.481 e. The highest BCUT2D eigenvalue weighted by atomic mass is 16.4. The van der Waals surface area contributed by atoms with Crippen LogP contribution in [0.5, 0.6) is 0 Å². The van der Waals surface area contributed by atoms with Crippen molar-refractivity contribution in [3.63, 3.8) is 0 Å². The Bertz CT molecular complexity index is 413. The molecule has 7 nitrogen and oxygen atoms in total. The highest BCUT2D eigenvalue weighted by Gasteiger charge is 2.32. The minimum absolute atomic E-state index is 0.0380. The lowest BCUT2D eigenvalue weighted by Crippen LogP contribution is -2.50. The Morgan fingerprint density at radius 3 is 2.71 bits per heavy atom. The van der Waals surface area contributed by atoms with Gasteiger partial charge in [0.1, 0.15) is 6.54 Å². The fraction of sp³-hybridized carbons (Fsp3) is 0.786. The van der Waals surface area contributed by atoms with Crippen LogP contribution in [0.4, 0.5) is 4.79 Å². The van der Waals surface area contributed by atoms with Gasteiger partial charge in [-0.2, -0.15) is 0 Å². The maximum Gasteiger partial charge on any atom is 0.318 e. The molecule has 118 valence electrons. The van der Waals surface area contributed by atoms with Gasteiger partial charge in [-0.3, -0.25) is 9.59 Å². The number of urea groups is 1. The molecule has 3 amide bonds. The number of carbonyl (C=O) groups excluding carboxylic acids is 2. The third-order valence-corrected chi connectivity index (χ3v) is 4.19. The summed E-state index contributed by atoms with van der Waals surface area (Å²) < 4.78 is 0. The molecule has 1 saturated heterocycles. The Morgan fingerprint density at radius 2 is 1.95 bits per heavy atom. The summed E-state index contributed by atoms with van der Waals surface area (Å²) in [7, 11) is 0. The first-order valence-corrected chi connectivity index (χ1v) is 7.63. The smallest absolute Gasteiger partial charge is 0.318 e. The lowest BCUT2D eigenvalue weighted by atomic mass is 9.95. The van der Waals surface area contributed by atoms with E-state index in [1.165, 1.54) is 4.90 Å². The number of aliphatic carboxylic acids is 1. The van der Waals surface area contributed by atoms with Gasteiger partial charge in [-0.15, -0.1) is 0 Å². The summed E-state index contributed by atoms with van der Waals surface area (Å²) in [6, 6.07) is -0.672. The summed E-state index contributed by atoms with van der Waals surface area (Å²) in [4.78, 5) is 36.6. The highest BCUT2D eigenvalue weighted by Crippen LogP contribution is 2.24. The molecule has 0 radical (unpaired) electrons. The summed E-state index contributed by atoms with van der Waals surface area (Å²) in [5.74, 6) is -1.55. The van der Waals surface area contributed by atoms with E-state index in [0.29, 0.717) is 32.4 Å². The first kappa shape index (κ1) is 15.6. The van der Waals surface area contributed by atoms with Gasteiger partial charge >= 0.3 is 12.0 Å². The van der Waals surface area contributed by atoms with Crippen LogP contribution in [0.15, 0.2) is 0 Å². The molecule has 2 unspecified atom stereocenters. The Morgan fingerprint density at radius 1 is 1.19 bits per heavy atom. The number of carboxylic acid groups (broad SMARTS) is 1. The van der Waals surface area contributed by atoms with Crippen LogP contribution in [0, 0.1) is 5.92 Å². The lowest BCUT2D eigenvalue weighted by Gasteiger charge is -2.27. The Labute approximate surface area is 124 Å². The van der Waals surface area contributed by atoms with Crippen molar-refractivity contribution in [2.75, 3.05) is 19.6 Å².